The summed E-state index contributed by atoms with van der Waals surface area (Å²) in [4.78, 5) is 31.0. The number of esters is 1. The molecule has 2 heterocycles. The first-order chi connectivity index (χ1) is 15.0. The highest BCUT2D eigenvalue weighted by Gasteiger charge is 2.27. The summed E-state index contributed by atoms with van der Waals surface area (Å²) in [6, 6.07) is 16.3. The minimum atomic E-state index is -0.489. The second-order valence-electron chi connectivity index (χ2n) is 8.25. The van der Waals surface area contributed by atoms with Crippen molar-refractivity contribution in [2.75, 3.05) is 45.2 Å². The number of hydrogen-bond acceptors (Lipinski definition) is 3. The summed E-state index contributed by atoms with van der Waals surface area (Å²) in [7, 11) is 1.34. The standard InChI is InChI=1S/C24H28N4O3/c1-17-7-6-10-19-21(17)22(23(25-19)24(30)31-2)26-20(29)16-28-13-11-27(12-14-28)15-18-8-4-3-5-9-18/h3-10,25H,11-16H2,1-2H3,(H,26,29)/p+2. The van der Waals surface area contributed by atoms with Gasteiger partial charge in [-0.05, 0) is 18.6 Å². The molecule has 0 atom stereocenters. The average Bonchev–Trinajstić information content (AvgIpc) is 3.15. The number of anilines is 1. The van der Waals surface area contributed by atoms with Crippen LogP contribution in [0.15, 0.2) is 48.5 Å². The highest BCUT2D eigenvalue weighted by molar-refractivity contribution is 6.12. The van der Waals surface area contributed by atoms with Gasteiger partial charge in [-0.1, -0.05) is 42.5 Å². The van der Waals surface area contributed by atoms with Gasteiger partial charge in [0, 0.05) is 16.5 Å². The summed E-state index contributed by atoms with van der Waals surface area (Å²) >= 11 is 0. The van der Waals surface area contributed by atoms with Crippen LogP contribution in [-0.4, -0.2) is 56.7 Å². The lowest BCUT2D eigenvalue weighted by molar-refractivity contribution is -1.02. The zero-order chi connectivity index (χ0) is 21.8. The molecule has 1 aliphatic rings. The van der Waals surface area contributed by atoms with Gasteiger partial charge in [0.25, 0.3) is 5.91 Å². The van der Waals surface area contributed by atoms with Gasteiger partial charge in [-0.25, -0.2) is 4.79 Å². The zero-order valence-electron chi connectivity index (χ0n) is 18.1. The van der Waals surface area contributed by atoms with Crippen LogP contribution in [0.3, 0.4) is 0 Å². The fourth-order valence-electron chi connectivity index (χ4n) is 4.41. The van der Waals surface area contributed by atoms with Crippen LogP contribution in [0.25, 0.3) is 10.9 Å². The molecular weight excluding hydrogens is 392 g/mol. The Bertz CT molecular complexity index is 1070. The van der Waals surface area contributed by atoms with E-state index >= 15 is 0 Å². The van der Waals surface area contributed by atoms with Crippen molar-refractivity contribution >= 4 is 28.5 Å². The van der Waals surface area contributed by atoms with Crippen LogP contribution in [0.1, 0.15) is 21.6 Å². The number of quaternary nitrogens is 2. The number of aromatic amines is 1. The third-order valence-corrected chi connectivity index (χ3v) is 6.06. The van der Waals surface area contributed by atoms with Crippen LogP contribution in [0.2, 0.25) is 0 Å². The quantitative estimate of drug-likeness (QED) is 0.428. The fraction of sp³-hybridized carbons (Fsp3) is 0.333. The van der Waals surface area contributed by atoms with Crippen molar-refractivity contribution in [3.05, 3.63) is 65.4 Å². The molecule has 0 radical (unpaired) electrons. The lowest BCUT2D eigenvalue weighted by Crippen LogP contribution is -3.28. The van der Waals surface area contributed by atoms with Gasteiger partial charge < -0.3 is 24.8 Å². The summed E-state index contributed by atoms with van der Waals surface area (Å²) in [6.45, 7) is 7.36. The maximum atomic E-state index is 12.9. The molecule has 1 aromatic heterocycles. The van der Waals surface area contributed by atoms with E-state index in [2.05, 4.69) is 34.6 Å². The molecule has 162 valence electrons. The van der Waals surface area contributed by atoms with Crippen molar-refractivity contribution in [2.24, 2.45) is 0 Å². The van der Waals surface area contributed by atoms with Crippen molar-refractivity contribution in [1.29, 1.82) is 0 Å². The van der Waals surface area contributed by atoms with E-state index in [-0.39, 0.29) is 11.6 Å². The molecule has 3 aromatic rings. The molecule has 1 aliphatic heterocycles. The van der Waals surface area contributed by atoms with E-state index in [4.69, 9.17) is 4.74 Å². The van der Waals surface area contributed by atoms with Crippen LogP contribution < -0.4 is 15.1 Å². The highest BCUT2D eigenvalue weighted by Crippen LogP contribution is 2.30. The van der Waals surface area contributed by atoms with Crippen molar-refractivity contribution < 1.29 is 24.1 Å². The van der Waals surface area contributed by atoms with Crippen LogP contribution in [0.5, 0.6) is 0 Å². The maximum absolute atomic E-state index is 12.9. The first-order valence-electron chi connectivity index (χ1n) is 10.8. The van der Waals surface area contributed by atoms with Gasteiger partial charge in [0.1, 0.15) is 38.4 Å². The van der Waals surface area contributed by atoms with Gasteiger partial charge in [0.2, 0.25) is 0 Å². The van der Waals surface area contributed by atoms with Crippen LogP contribution in [-0.2, 0) is 16.1 Å². The van der Waals surface area contributed by atoms with Crippen molar-refractivity contribution in [3.63, 3.8) is 0 Å². The molecule has 1 fully saturated rings. The second-order valence-corrected chi connectivity index (χ2v) is 8.25. The third-order valence-electron chi connectivity index (χ3n) is 6.06. The molecule has 0 spiro atoms. The Morgan fingerprint density at radius 2 is 1.71 bits per heavy atom. The number of amides is 1. The number of hydrogen-bond donors (Lipinski definition) is 4. The van der Waals surface area contributed by atoms with Crippen molar-refractivity contribution in [1.82, 2.24) is 4.98 Å². The van der Waals surface area contributed by atoms with Crippen molar-refractivity contribution in [3.8, 4) is 0 Å². The molecule has 7 nitrogen and oxygen atoms in total. The lowest BCUT2D eigenvalue weighted by atomic mass is 10.1. The Labute approximate surface area is 182 Å². The fourth-order valence-corrected chi connectivity index (χ4v) is 4.41. The maximum Gasteiger partial charge on any atom is 0.356 e. The number of ether oxygens (including phenoxy) is 1. The number of carbonyl (C=O) groups excluding carboxylic acids is 2. The number of carbonyl (C=O) groups is 2. The molecule has 4 N–H and O–H groups in total. The van der Waals surface area contributed by atoms with Crippen LogP contribution >= 0.6 is 0 Å². The zero-order valence-corrected chi connectivity index (χ0v) is 18.1. The first kappa shape index (κ1) is 21.1. The Balaban J connectivity index is 1.39. The second kappa shape index (κ2) is 9.32. The average molecular weight is 423 g/mol. The van der Waals surface area contributed by atoms with E-state index in [1.807, 2.05) is 31.2 Å². The number of methoxy groups -OCH3 is 1. The molecule has 4 rings (SSSR count). The molecule has 0 unspecified atom stereocenters. The van der Waals surface area contributed by atoms with Crippen LogP contribution in [0, 0.1) is 6.92 Å². The molecule has 1 saturated heterocycles. The Hall–Kier alpha value is -3.16. The molecule has 1 amide bonds. The molecule has 0 saturated carbocycles. The van der Waals surface area contributed by atoms with E-state index < -0.39 is 5.97 Å². The first-order valence-corrected chi connectivity index (χ1v) is 10.8. The third kappa shape index (κ3) is 4.78. The van der Waals surface area contributed by atoms with Crippen molar-refractivity contribution in [2.45, 2.75) is 13.5 Å². The number of aromatic nitrogens is 1. The normalized spacial score (nSPS) is 18.6. The number of benzene rings is 2. The monoisotopic (exact) mass is 422 g/mol. The molecule has 0 aliphatic carbocycles. The largest absolute Gasteiger partial charge is 0.464 e. The summed E-state index contributed by atoms with van der Waals surface area (Å²) < 4.78 is 4.91. The minimum absolute atomic E-state index is 0.0872. The number of fused-ring (bicyclic) bond motifs is 1. The summed E-state index contributed by atoms with van der Waals surface area (Å²) in [6.07, 6.45) is 0. The molecule has 2 aromatic carbocycles. The van der Waals surface area contributed by atoms with E-state index in [0.717, 1.165) is 49.2 Å². The van der Waals surface area contributed by atoms with E-state index in [0.29, 0.717) is 12.2 Å². The minimum Gasteiger partial charge on any atom is -0.464 e. The van der Waals surface area contributed by atoms with Gasteiger partial charge >= 0.3 is 5.97 Å². The number of H-pyrrole nitrogens is 1. The van der Waals surface area contributed by atoms with E-state index in [1.54, 1.807) is 4.90 Å². The predicted octanol–water partition coefficient (Wildman–Crippen LogP) is 0.185. The Kier molecular flexibility index (Phi) is 6.34. The van der Waals surface area contributed by atoms with Gasteiger partial charge in [-0.2, -0.15) is 0 Å². The molecule has 31 heavy (non-hydrogen) atoms. The predicted molar refractivity (Wildman–Crippen MR) is 119 cm³/mol. The van der Waals surface area contributed by atoms with Gasteiger partial charge in [-0.15, -0.1) is 0 Å². The molecule has 7 heteroatoms. The van der Waals surface area contributed by atoms with Gasteiger partial charge in [0.15, 0.2) is 6.54 Å². The van der Waals surface area contributed by atoms with E-state index in [9.17, 15) is 9.59 Å². The molecule has 0 bridgehead atoms. The number of rotatable bonds is 6. The number of aryl methyl sites for hydroxylation is 1. The molecular formula is C24H30N4O3+2. The van der Waals surface area contributed by atoms with Gasteiger partial charge in [-0.3, -0.25) is 4.79 Å². The number of piperazine rings is 1. The smallest absolute Gasteiger partial charge is 0.356 e. The van der Waals surface area contributed by atoms with E-state index in [1.165, 1.54) is 17.6 Å². The summed E-state index contributed by atoms with van der Waals surface area (Å²) in [5.74, 6) is -0.577. The highest BCUT2D eigenvalue weighted by atomic mass is 16.5. The lowest BCUT2D eigenvalue weighted by Gasteiger charge is -2.29. The SMILES string of the molecule is COC(=O)c1[nH]c2cccc(C)c2c1NC(=O)C[NH+]1CC[NH+](Cc2ccccc2)CC1. The topological polar surface area (TPSA) is 80.1 Å². The van der Waals surface area contributed by atoms with Gasteiger partial charge in [0.05, 0.1) is 12.8 Å². The summed E-state index contributed by atoms with van der Waals surface area (Å²) in [5, 5.41) is 3.84. The van der Waals surface area contributed by atoms with Crippen LogP contribution in [0.4, 0.5) is 5.69 Å². The Morgan fingerprint density at radius 3 is 2.42 bits per heavy atom. The summed E-state index contributed by atoms with van der Waals surface area (Å²) in [5.41, 5.74) is 3.94. The number of nitrogens with one attached hydrogen (secondary N) is 4. The Morgan fingerprint density at radius 1 is 1.00 bits per heavy atom.